The van der Waals surface area contributed by atoms with Gasteiger partial charge in [0.2, 0.25) is 0 Å². The topological polar surface area (TPSA) is 72.6 Å². The summed E-state index contributed by atoms with van der Waals surface area (Å²) in [6.07, 6.45) is 2.03. The van der Waals surface area contributed by atoms with Gasteiger partial charge in [-0.05, 0) is 19.4 Å². The van der Waals surface area contributed by atoms with Crippen molar-refractivity contribution in [2.45, 2.75) is 13.3 Å². The van der Waals surface area contributed by atoms with Crippen molar-refractivity contribution in [1.29, 1.82) is 0 Å². The highest BCUT2D eigenvalue weighted by Crippen LogP contribution is 2.35. The number of allylic oxidation sites excluding steroid dienone is 1. The molecule has 0 aromatic heterocycles. The fourth-order valence-electron chi connectivity index (χ4n) is 1.51. The van der Waals surface area contributed by atoms with Gasteiger partial charge in [0.1, 0.15) is 11.3 Å². The summed E-state index contributed by atoms with van der Waals surface area (Å²) in [4.78, 5) is 11.1. The van der Waals surface area contributed by atoms with Crippen LogP contribution in [0.15, 0.2) is 18.7 Å². The van der Waals surface area contributed by atoms with Crippen LogP contribution in [0.1, 0.15) is 22.8 Å². The van der Waals surface area contributed by atoms with Crippen LogP contribution in [-0.4, -0.2) is 17.7 Å². The van der Waals surface area contributed by atoms with Crippen molar-refractivity contribution in [3.63, 3.8) is 0 Å². The Labute approximate surface area is 105 Å². The zero-order valence-corrected chi connectivity index (χ0v) is 10.3. The molecular formula is C12H14ClNO3. The van der Waals surface area contributed by atoms with E-state index in [1.54, 1.807) is 13.0 Å². The number of carboxylic acids is 1. The molecule has 0 aliphatic carbocycles. The van der Waals surface area contributed by atoms with Gasteiger partial charge in [-0.3, -0.25) is 0 Å². The molecule has 0 amide bonds. The van der Waals surface area contributed by atoms with Gasteiger partial charge in [-0.25, -0.2) is 4.79 Å². The molecule has 5 heteroatoms. The quantitative estimate of drug-likeness (QED) is 0.627. The second-order valence-electron chi connectivity index (χ2n) is 3.36. The number of carbonyl (C=O) groups is 1. The molecule has 0 bridgehead atoms. The van der Waals surface area contributed by atoms with Crippen LogP contribution in [0.4, 0.5) is 5.69 Å². The lowest BCUT2D eigenvalue weighted by atomic mass is 10.0. The summed E-state index contributed by atoms with van der Waals surface area (Å²) in [5, 5.41) is 9.31. The van der Waals surface area contributed by atoms with Gasteiger partial charge < -0.3 is 15.6 Å². The van der Waals surface area contributed by atoms with Gasteiger partial charge in [-0.15, -0.1) is 6.58 Å². The fraction of sp³-hybridized carbons (Fsp3) is 0.250. The minimum atomic E-state index is -1.10. The molecule has 0 fully saturated rings. The largest absolute Gasteiger partial charge is 0.493 e. The van der Waals surface area contributed by atoms with E-state index >= 15 is 0 Å². The van der Waals surface area contributed by atoms with Gasteiger partial charge in [-0.2, -0.15) is 0 Å². The molecule has 92 valence electrons. The maximum atomic E-state index is 11.1. The highest BCUT2D eigenvalue weighted by Gasteiger charge is 2.20. The van der Waals surface area contributed by atoms with E-state index in [0.29, 0.717) is 24.3 Å². The second kappa shape index (κ2) is 5.59. The van der Waals surface area contributed by atoms with E-state index in [-0.39, 0.29) is 16.3 Å². The number of anilines is 1. The van der Waals surface area contributed by atoms with Gasteiger partial charge in [0, 0.05) is 5.56 Å². The third-order valence-electron chi connectivity index (χ3n) is 2.24. The second-order valence-corrected chi connectivity index (χ2v) is 3.77. The Morgan fingerprint density at radius 1 is 1.71 bits per heavy atom. The lowest BCUT2D eigenvalue weighted by Crippen LogP contribution is -2.08. The number of ether oxygens (including phenoxy) is 1. The first-order valence-corrected chi connectivity index (χ1v) is 5.48. The molecule has 17 heavy (non-hydrogen) atoms. The predicted molar refractivity (Wildman–Crippen MR) is 67.9 cm³/mol. The number of hydrogen-bond donors (Lipinski definition) is 2. The Hall–Kier alpha value is -1.68. The minimum Gasteiger partial charge on any atom is -0.493 e. The molecule has 0 aliphatic heterocycles. The van der Waals surface area contributed by atoms with Crippen molar-refractivity contribution in [2.24, 2.45) is 0 Å². The number of carboxylic acid groups (broad SMARTS) is 1. The van der Waals surface area contributed by atoms with Gasteiger partial charge in [0.25, 0.3) is 0 Å². The SMILES string of the molecule is C=CCc1c(N)c(Cl)cc(C(=O)O)c1OCC. The summed E-state index contributed by atoms with van der Waals surface area (Å²) < 4.78 is 5.35. The van der Waals surface area contributed by atoms with Gasteiger partial charge in [0.15, 0.2) is 0 Å². The summed E-state index contributed by atoms with van der Waals surface area (Å²) in [7, 11) is 0. The molecule has 0 heterocycles. The Morgan fingerprint density at radius 2 is 2.35 bits per heavy atom. The number of aromatic carboxylic acids is 1. The number of hydrogen-bond acceptors (Lipinski definition) is 3. The molecule has 0 atom stereocenters. The first-order valence-electron chi connectivity index (χ1n) is 5.10. The van der Waals surface area contributed by atoms with Gasteiger partial charge >= 0.3 is 5.97 Å². The van der Waals surface area contributed by atoms with Crippen LogP contribution in [0.3, 0.4) is 0 Å². The van der Waals surface area contributed by atoms with Crippen LogP contribution >= 0.6 is 11.6 Å². The van der Waals surface area contributed by atoms with Crippen molar-refractivity contribution in [2.75, 3.05) is 12.3 Å². The van der Waals surface area contributed by atoms with Crippen molar-refractivity contribution >= 4 is 23.3 Å². The smallest absolute Gasteiger partial charge is 0.339 e. The summed E-state index contributed by atoms with van der Waals surface area (Å²) >= 11 is 5.89. The average Bonchev–Trinajstić information content (AvgIpc) is 2.28. The van der Waals surface area contributed by atoms with Crippen LogP contribution in [-0.2, 0) is 6.42 Å². The highest BCUT2D eigenvalue weighted by atomic mass is 35.5. The zero-order chi connectivity index (χ0) is 13.0. The van der Waals surface area contributed by atoms with E-state index in [2.05, 4.69) is 6.58 Å². The molecule has 0 saturated carbocycles. The third kappa shape index (κ3) is 2.71. The molecule has 1 aromatic rings. The number of nitrogen functional groups attached to an aromatic ring is 1. The molecule has 0 saturated heterocycles. The molecule has 1 rings (SSSR count). The average molecular weight is 256 g/mol. The summed E-state index contributed by atoms with van der Waals surface area (Å²) in [5.74, 6) is -0.831. The highest BCUT2D eigenvalue weighted by molar-refractivity contribution is 6.33. The van der Waals surface area contributed by atoms with Crippen LogP contribution in [0.5, 0.6) is 5.75 Å². The molecule has 4 nitrogen and oxygen atoms in total. The van der Waals surface area contributed by atoms with Crippen LogP contribution in [0, 0.1) is 0 Å². The van der Waals surface area contributed by atoms with E-state index in [1.165, 1.54) is 6.07 Å². The number of rotatable bonds is 5. The number of benzene rings is 1. The van der Waals surface area contributed by atoms with E-state index < -0.39 is 5.97 Å². The number of nitrogens with two attached hydrogens (primary N) is 1. The van der Waals surface area contributed by atoms with E-state index in [4.69, 9.17) is 27.2 Å². The van der Waals surface area contributed by atoms with Crippen LogP contribution < -0.4 is 10.5 Å². The van der Waals surface area contributed by atoms with Gasteiger partial charge in [-0.1, -0.05) is 17.7 Å². The zero-order valence-electron chi connectivity index (χ0n) is 9.50. The number of halogens is 1. The van der Waals surface area contributed by atoms with Crippen molar-refractivity contribution in [3.05, 3.63) is 34.9 Å². The van der Waals surface area contributed by atoms with E-state index in [0.717, 1.165) is 0 Å². The molecule has 0 radical (unpaired) electrons. The van der Waals surface area contributed by atoms with Gasteiger partial charge in [0.05, 0.1) is 17.3 Å². The standard InChI is InChI=1S/C12H14ClNO3/c1-3-5-7-10(14)9(13)6-8(12(15)16)11(7)17-4-2/h3,6H,1,4-5,14H2,2H3,(H,15,16). The Kier molecular flexibility index (Phi) is 4.40. The molecule has 0 spiro atoms. The Morgan fingerprint density at radius 3 is 2.82 bits per heavy atom. The summed E-state index contributed by atoms with van der Waals surface area (Å²) in [6, 6.07) is 1.30. The Balaban J connectivity index is 3.50. The monoisotopic (exact) mass is 255 g/mol. The van der Waals surface area contributed by atoms with E-state index in [9.17, 15) is 4.79 Å². The molecule has 1 aromatic carbocycles. The van der Waals surface area contributed by atoms with E-state index in [1.807, 2.05) is 0 Å². The maximum absolute atomic E-state index is 11.1. The third-order valence-corrected chi connectivity index (χ3v) is 2.55. The first kappa shape index (κ1) is 13.4. The van der Waals surface area contributed by atoms with Crippen LogP contribution in [0.25, 0.3) is 0 Å². The maximum Gasteiger partial charge on any atom is 0.339 e. The molecule has 0 aliphatic rings. The van der Waals surface area contributed by atoms with Crippen molar-refractivity contribution < 1.29 is 14.6 Å². The van der Waals surface area contributed by atoms with Crippen molar-refractivity contribution in [1.82, 2.24) is 0 Å². The first-order chi connectivity index (χ1) is 8.02. The molecular weight excluding hydrogens is 242 g/mol. The fourth-order valence-corrected chi connectivity index (χ4v) is 1.74. The summed E-state index contributed by atoms with van der Waals surface area (Å²) in [6.45, 7) is 5.73. The molecule has 0 unspecified atom stereocenters. The lowest BCUT2D eigenvalue weighted by Gasteiger charge is -2.15. The molecule has 3 N–H and O–H groups in total. The van der Waals surface area contributed by atoms with Crippen LogP contribution in [0.2, 0.25) is 5.02 Å². The lowest BCUT2D eigenvalue weighted by molar-refractivity contribution is 0.0692. The summed E-state index contributed by atoms with van der Waals surface area (Å²) in [5.41, 5.74) is 6.73. The van der Waals surface area contributed by atoms with Crippen molar-refractivity contribution in [3.8, 4) is 5.75 Å². The predicted octanol–water partition coefficient (Wildman–Crippen LogP) is 2.75. The normalized spacial score (nSPS) is 10.0. The Bertz CT molecular complexity index is 458. The minimum absolute atomic E-state index is 0.0166.